The quantitative estimate of drug-likeness (QED) is 0.236. The Bertz CT molecular complexity index is 531. The number of nitrogens with two attached hydrogens (primary N) is 1. The molecular formula is C8H10N3NaO6S. The molecule has 0 saturated carbocycles. The minimum Gasteiger partial charge on any atom is -0.724 e. The number of primary amides is 1. The van der Waals surface area contributed by atoms with Crippen molar-refractivity contribution in [2.45, 2.75) is 24.9 Å². The number of carbonyl (C=O) groups is 1. The van der Waals surface area contributed by atoms with Crippen molar-refractivity contribution < 1.29 is 56.4 Å². The van der Waals surface area contributed by atoms with Crippen molar-refractivity contribution >= 4 is 22.2 Å². The molecule has 2 saturated heterocycles. The van der Waals surface area contributed by atoms with E-state index >= 15 is 0 Å². The van der Waals surface area contributed by atoms with Crippen LogP contribution in [-0.2, 0) is 24.3 Å². The molecule has 100 valence electrons. The van der Waals surface area contributed by atoms with Gasteiger partial charge in [0.2, 0.25) is 22.1 Å². The van der Waals surface area contributed by atoms with Crippen LogP contribution in [0.5, 0.6) is 0 Å². The molecule has 2 heterocycles. The maximum atomic E-state index is 11.2. The number of hydrogen-bond acceptors (Lipinski definition) is 8. The van der Waals surface area contributed by atoms with Crippen molar-refractivity contribution in [2.75, 3.05) is 6.54 Å². The summed E-state index contributed by atoms with van der Waals surface area (Å²) in [7, 11) is -4.99. The van der Waals surface area contributed by atoms with Gasteiger partial charge in [-0.25, -0.2) is 18.3 Å². The zero-order chi connectivity index (χ0) is 13.5. The van der Waals surface area contributed by atoms with Gasteiger partial charge in [0.1, 0.15) is 6.04 Å². The van der Waals surface area contributed by atoms with E-state index in [2.05, 4.69) is 4.28 Å². The first kappa shape index (κ1) is 16.4. The Hall–Kier alpha value is -0.610. The van der Waals surface area contributed by atoms with Crippen molar-refractivity contribution in [3.8, 4) is 0 Å². The monoisotopic (exact) mass is 299 g/mol. The van der Waals surface area contributed by atoms with Crippen molar-refractivity contribution in [3.05, 3.63) is 5.82 Å². The van der Waals surface area contributed by atoms with Crippen molar-refractivity contribution in [3.63, 3.8) is 0 Å². The summed E-state index contributed by atoms with van der Waals surface area (Å²) in [4.78, 5) is 23.3. The molecule has 2 bridgehead atoms. The minimum absolute atomic E-state index is 0. The largest absolute Gasteiger partial charge is 1.00 e. The van der Waals surface area contributed by atoms with E-state index in [0.29, 0.717) is 17.9 Å². The molecule has 0 aromatic heterocycles. The minimum atomic E-state index is -4.99. The molecule has 2 fully saturated rings. The summed E-state index contributed by atoms with van der Waals surface area (Å²) in [6.45, 7) is 0.188. The van der Waals surface area contributed by atoms with E-state index in [-0.39, 0.29) is 41.9 Å². The smallest absolute Gasteiger partial charge is 0.724 e. The maximum absolute atomic E-state index is 11.2. The van der Waals surface area contributed by atoms with Gasteiger partial charge < -0.3 is 15.2 Å². The van der Waals surface area contributed by atoms with Crippen LogP contribution < -0.4 is 35.3 Å². The molecule has 0 radical (unpaired) electrons. The van der Waals surface area contributed by atoms with Gasteiger partial charge in [0.25, 0.3) is 0 Å². The van der Waals surface area contributed by atoms with E-state index in [4.69, 9.17) is 5.73 Å². The Balaban J connectivity index is 0.00000180. The third-order valence-electron chi connectivity index (χ3n) is 2.96. The van der Waals surface area contributed by atoms with Gasteiger partial charge in [-0.05, 0) is 12.8 Å². The molecule has 1 amide bonds. The Kier molecular flexibility index (Phi) is 5.02. The summed E-state index contributed by atoms with van der Waals surface area (Å²) in [5, 5.41) is 0.693. The third-order valence-corrected chi connectivity index (χ3v) is 3.30. The van der Waals surface area contributed by atoms with Crippen LogP contribution in [0.2, 0.25) is 0 Å². The number of rotatable bonds is 3. The number of piperidine rings is 1. The van der Waals surface area contributed by atoms with Gasteiger partial charge >= 0.3 is 29.6 Å². The normalized spacial score (nSPS) is 25.8. The van der Waals surface area contributed by atoms with Gasteiger partial charge in [-0.2, -0.15) is 4.28 Å². The van der Waals surface area contributed by atoms with Crippen molar-refractivity contribution in [2.24, 2.45) is 5.73 Å². The number of carbonyl (C=O) groups excluding carboxylic acids is 2. The summed E-state index contributed by atoms with van der Waals surface area (Å²) in [6, 6.07) is -1.21. The summed E-state index contributed by atoms with van der Waals surface area (Å²) in [6.07, 6.45) is 0.731. The SMILES string of the molecule is NC(=O)[C@@H]1CC[C@@H]2CN1C(=C=O)N2OS(=O)(=O)[O-].[Na+]. The summed E-state index contributed by atoms with van der Waals surface area (Å²) in [5.41, 5.74) is 5.18. The standard InChI is InChI=1S/C8H11N3O6S.Na/c9-8(13)6-2-1-5-3-10(6)7(4-12)11(5)17-18(14,15)16;/h5-6H,1-3H2,(H2,9,13)(H,14,15,16);/q;+1/p-1/t5-,6+;/m1./s1. The average Bonchev–Trinajstić information content (AvgIpc) is 2.49. The van der Waals surface area contributed by atoms with Gasteiger partial charge in [-0.3, -0.25) is 4.79 Å². The molecule has 19 heavy (non-hydrogen) atoms. The topological polar surface area (TPSA) is 133 Å². The van der Waals surface area contributed by atoms with E-state index in [0.717, 1.165) is 0 Å². The fourth-order valence-corrected chi connectivity index (χ4v) is 2.66. The van der Waals surface area contributed by atoms with Crippen LogP contribution >= 0.6 is 0 Å². The summed E-state index contributed by atoms with van der Waals surface area (Å²) < 4.78 is 35.9. The van der Waals surface area contributed by atoms with Gasteiger partial charge in [0.15, 0.2) is 5.94 Å². The van der Waals surface area contributed by atoms with Crippen LogP contribution in [0.4, 0.5) is 0 Å². The summed E-state index contributed by atoms with van der Waals surface area (Å²) in [5.74, 6) is 0.553. The van der Waals surface area contributed by atoms with Gasteiger partial charge in [0, 0.05) is 6.54 Å². The van der Waals surface area contributed by atoms with E-state index in [9.17, 15) is 22.6 Å². The predicted octanol–water partition coefficient (Wildman–Crippen LogP) is -5.31. The molecular weight excluding hydrogens is 289 g/mol. The van der Waals surface area contributed by atoms with Gasteiger partial charge in [-0.1, -0.05) is 0 Å². The molecule has 2 aliphatic heterocycles. The Morgan fingerprint density at radius 2 is 2.11 bits per heavy atom. The second kappa shape index (κ2) is 5.80. The number of hydrogen-bond donors (Lipinski definition) is 1. The Labute approximate surface area is 131 Å². The molecule has 0 spiro atoms. The molecule has 0 aromatic carbocycles. The molecule has 9 nitrogen and oxygen atoms in total. The zero-order valence-corrected chi connectivity index (χ0v) is 12.9. The first-order valence-corrected chi connectivity index (χ1v) is 6.42. The molecule has 2 aliphatic rings. The van der Waals surface area contributed by atoms with Crippen LogP contribution in [0.25, 0.3) is 0 Å². The van der Waals surface area contributed by atoms with Crippen molar-refractivity contribution in [1.82, 2.24) is 9.96 Å². The fraction of sp³-hybridized carbons (Fsp3) is 0.625. The first-order valence-electron chi connectivity index (χ1n) is 5.09. The second-order valence-electron chi connectivity index (χ2n) is 4.04. The molecule has 0 aromatic rings. The number of nitrogens with zero attached hydrogens (tertiary/aromatic N) is 2. The van der Waals surface area contributed by atoms with Gasteiger partial charge in [-0.15, -0.1) is 0 Å². The average molecular weight is 299 g/mol. The van der Waals surface area contributed by atoms with E-state index in [1.807, 2.05) is 0 Å². The fourth-order valence-electron chi connectivity index (χ4n) is 2.27. The van der Waals surface area contributed by atoms with Crippen LogP contribution in [0.15, 0.2) is 5.82 Å². The predicted molar refractivity (Wildman–Crippen MR) is 54.5 cm³/mol. The zero-order valence-electron chi connectivity index (χ0n) is 10.1. The molecule has 2 atom stereocenters. The number of hydroxylamine groups is 2. The number of amides is 1. The molecule has 11 heteroatoms. The van der Waals surface area contributed by atoms with E-state index in [1.54, 1.807) is 0 Å². The molecule has 2 rings (SSSR count). The maximum Gasteiger partial charge on any atom is 1.00 e. The van der Waals surface area contributed by atoms with E-state index in [1.165, 1.54) is 10.8 Å². The van der Waals surface area contributed by atoms with Crippen LogP contribution in [0, 0.1) is 0 Å². The van der Waals surface area contributed by atoms with Crippen molar-refractivity contribution in [1.29, 1.82) is 0 Å². The molecule has 0 aliphatic carbocycles. The van der Waals surface area contributed by atoms with Gasteiger partial charge in [0.05, 0.1) is 6.04 Å². The second-order valence-corrected chi connectivity index (χ2v) is 5.00. The summed E-state index contributed by atoms with van der Waals surface area (Å²) >= 11 is 0. The van der Waals surface area contributed by atoms with Crippen LogP contribution in [-0.4, -0.2) is 53.4 Å². The van der Waals surface area contributed by atoms with Crippen LogP contribution in [0.3, 0.4) is 0 Å². The van der Waals surface area contributed by atoms with E-state index < -0.39 is 28.4 Å². The van der Waals surface area contributed by atoms with Crippen LogP contribution in [0.1, 0.15) is 12.8 Å². The Morgan fingerprint density at radius 1 is 1.47 bits per heavy atom. The third kappa shape index (κ3) is 3.29. The number of fused-ring (bicyclic) bond motifs is 2. The Morgan fingerprint density at radius 3 is 2.58 bits per heavy atom. The first-order chi connectivity index (χ1) is 8.33. The molecule has 0 unspecified atom stereocenters. The molecule has 2 N–H and O–H groups in total.